The molecule has 0 saturated carbocycles. The van der Waals surface area contributed by atoms with E-state index in [1.54, 1.807) is 12.1 Å². The van der Waals surface area contributed by atoms with E-state index in [-0.39, 0.29) is 10.8 Å². The number of hydrogen-bond donors (Lipinski definition) is 1. The largest absolute Gasteiger partial charge is 0.457 e. The quantitative estimate of drug-likeness (QED) is 0.870. The Bertz CT molecular complexity index is 738. The normalized spacial score (nSPS) is 14.0. The first-order valence-electron chi connectivity index (χ1n) is 5.27. The minimum atomic E-state index is -3.65. The molecule has 2 aromatic rings. The number of aromatic nitrogens is 1. The summed E-state index contributed by atoms with van der Waals surface area (Å²) < 4.78 is 31.4. The van der Waals surface area contributed by atoms with Gasteiger partial charge in [0.1, 0.15) is 6.61 Å². The summed E-state index contributed by atoms with van der Waals surface area (Å²) in [7, 11) is -3.65. The first-order valence-corrected chi connectivity index (χ1v) is 7.64. The van der Waals surface area contributed by atoms with Crippen molar-refractivity contribution in [2.24, 2.45) is 0 Å². The predicted octanol–water partition coefficient (Wildman–Crippen LogP) is 1.61. The third kappa shape index (κ3) is 2.20. The van der Waals surface area contributed by atoms with E-state index in [0.717, 1.165) is 16.9 Å². The number of carbonyl (C=O) groups is 1. The number of ether oxygens (including phenoxy) is 1. The van der Waals surface area contributed by atoms with Crippen molar-refractivity contribution in [3.05, 3.63) is 41.0 Å². The SMILES string of the molecule is O=C1OCc2ccc(NS(=O)(=O)c3cncs3)cc21. The second kappa shape index (κ2) is 4.32. The molecule has 0 bridgehead atoms. The maximum atomic E-state index is 12.0. The van der Waals surface area contributed by atoms with E-state index < -0.39 is 16.0 Å². The van der Waals surface area contributed by atoms with Gasteiger partial charge in [-0.15, -0.1) is 11.3 Å². The number of esters is 1. The Labute approximate surface area is 113 Å². The van der Waals surface area contributed by atoms with Gasteiger partial charge in [-0.2, -0.15) is 0 Å². The molecule has 6 nitrogen and oxygen atoms in total. The number of sulfonamides is 1. The number of fused-ring (bicyclic) bond motifs is 1. The lowest BCUT2D eigenvalue weighted by Gasteiger charge is -2.06. The predicted molar refractivity (Wildman–Crippen MR) is 68.5 cm³/mol. The lowest BCUT2D eigenvalue weighted by Crippen LogP contribution is -2.12. The molecule has 1 aliphatic rings. The zero-order valence-electron chi connectivity index (χ0n) is 9.49. The van der Waals surface area contributed by atoms with E-state index >= 15 is 0 Å². The zero-order chi connectivity index (χ0) is 13.5. The molecule has 2 heterocycles. The zero-order valence-corrected chi connectivity index (χ0v) is 11.1. The van der Waals surface area contributed by atoms with Gasteiger partial charge < -0.3 is 4.74 Å². The lowest BCUT2D eigenvalue weighted by atomic mass is 10.1. The molecule has 19 heavy (non-hydrogen) atoms. The number of carbonyl (C=O) groups excluding carboxylic acids is 1. The summed E-state index contributed by atoms with van der Waals surface area (Å²) in [6, 6.07) is 4.74. The van der Waals surface area contributed by atoms with Crippen LogP contribution >= 0.6 is 11.3 Å². The molecule has 98 valence electrons. The number of nitrogens with zero attached hydrogens (tertiary/aromatic N) is 1. The molecule has 0 aliphatic carbocycles. The highest BCUT2D eigenvalue weighted by atomic mass is 32.2. The summed E-state index contributed by atoms with van der Waals surface area (Å²) in [5, 5.41) is 0. The second-order valence-electron chi connectivity index (χ2n) is 3.87. The van der Waals surface area contributed by atoms with Crippen molar-refractivity contribution in [3.63, 3.8) is 0 Å². The van der Waals surface area contributed by atoms with Crippen LogP contribution in [0.3, 0.4) is 0 Å². The summed E-state index contributed by atoms with van der Waals surface area (Å²) in [6.07, 6.45) is 1.27. The Morgan fingerprint density at radius 1 is 1.37 bits per heavy atom. The Balaban J connectivity index is 1.93. The van der Waals surface area contributed by atoms with Crippen LogP contribution in [-0.4, -0.2) is 19.4 Å². The van der Waals surface area contributed by atoms with Gasteiger partial charge in [-0.3, -0.25) is 9.71 Å². The van der Waals surface area contributed by atoms with Gasteiger partial charge in [-0.05, 0) is 12.1 Å². The standard InChI is InChI=1S/C11H8N2O4S2/c14-11-9-3-8(2-1-7(9)5-17-11)13-19(15,16)10-4-12-6-18-10/h1-4,6,13H,5H2. The monoisotopic (exact) mass is 296 g/mol. The molecule has 3 rings (SSSR count). The van der Waals surface area contributed by atoms with Crippen molar-refractivity contribution < 1.29 is 17.9 Å². The molecule has 0 spiro atoms. The van der Waals surface area contributed by atoms with Crippen molar-refractivity contribution >= 4 is 33.0 Å². The maximum Gasteiger partial charge on any atom is 0.338 e. The summed E-state index contributed by atoms with van der Waals surface area (Å²) in [5.41, 5.74) is 2.91. The minimum absolute atomic E-state index is 0.121. The molecule has 8 heteroatoms. The van der Waals surface area contributed by atoms with Crippen LogP contribution < -0.4 is 4.72 Å². The van der Waals surface area contributed by atoms with Gasteiger partial charge in [0.05, 0.1) is 17.3 Å². The Hall–Kier alpha value is -1.93. The molecule has 0 saturated heterocycles. The van der Waals surface area contributed by atoms with Crippen LogP contribution in [0.25, 0.3) is 0 Å². The van der Waals surface area contributed by atoms with Crippen molar-refractivity contribution in [2.75, 3.05) is 4.72 Å². The number of nitrogens with one attached hydrogen (secondary N) is 1. The molecular weight excluding hydrogens is 288 g/mol. The van der Waals surface area contributed by atoms with Crippen LogP contribution in [0.5, 0.6) is 0 Å². The molecule has 0 atom stereocenters. The smallest absolute Gasteiger partial charge is 0.338 e. The highest BCUT2D eigenvalue weighted by molar-refractivity contribution is 7.94. The molecule has 1 aliphatic heterocycles. The van der Waals surface area contributed by atoms with Gasteiger partial charge in [0.15, 0.2) is 4.21 Å². The summed E-state index contributed by atoms with van der Waals surface area (Å²) in [4.78, 5) is 15.1. The van der Waals surface area contributed by atoms with E-state index in [9.17, 15) is 13.2 Å². The van der Waals surface area contributed by atoms with Gasteiger partial charge in [0, 0.05) is 11.3 Å². The molecule has 0 unspecified atom stereocenters. The topological polar surface area (TPSA) is 85.4 Å². The van der Waals surface area contributed by atoms with Gasteiger partial charge in [0.2, 0.25) is 0 Å². The maximum absolute atomic E-state index is 12.0. The molecular formula is C11H8N2O4S2. The summed E-state index contributed by atoms with van der Waals surface area (Å²) in [6.45, 7) is 0.232. The van der Waals surface area contributed by atoms with Crippen molar-refractivity contribution in [1.29, 1.82) is 0 Å². The van der Waals surface area contributed by atoms with E-state index in [0.29, 0.717) is 11.3 Å². The summed E-state index contributed by atoms with van der Waals surface area (Å²) >= 11 is 1.02. The fraction of sp³-hybridized carbons (Fsp3) is 0.0909. The number of cyclic esters (lactones) is 1. The summed E-state index contributed by atoms with van der Waals surface area (Å²) in [5.74, 6) is -0.436. The average Bonchev–Trinajstić information content (AvgIpc) is 3.00. The molecule has 1 aromatic heterocycles. The van der Waals surface area contributed by atoms with Gasteiger partial charge in [0.25, 0.3) is 10.0 Å². The van der Waals surface area contributed by atoms with Crippen LogP contribution in [0.4, 0.5) is 5.69 Å². The Kier molecular flexibility index (Phi) is 2.76. The van der Waals surface area contributed by atoms with Crippen molar-refractivity contribution in [3.8, 4) is 0 Å². The average molecular weight is 296 g/mol. The van der Waals surface area contributed by atoms with Crippen molar-refractivity contribution in [2.45, 2.75) is 10.8 Å². The molecule has 1 aromatic carbocycles. The van der Waals surface area contributed by atoms with Crippen LogP contribution in [0, 0.1) is 0 Å². The third-order valence-electron chi connectivity index (χ3n) is 2.62. The number of rotatable bonds is 3. The molecule has 0 amide bonds. The van der Waals surface area contributed by atoms with Gasteiger partial charge in [-0.1, -0.05) is 6.07 Å². The number of hydrogen-bond acceptors (Lipinski definition) is 6. The fourth-order valence-electron chi connectivity index (χ4n) is 1.72. The second-order valence-corrected chi connectivity index (χ2v) is 6.67. The van der Waals surface area contributed by atoms with Crippen LogP contribution in [-0.2, 0) is 21.4 Å². The molecule has 0 fully saturated rings. The molecule has 0 radical (unpaired) electrons. The fourth-order valence-corrected chi connectivity index (χ4v) is 3.56. The van der Waals surface area contributed by atoms with Gasteiger partial charge in [-0.25, -0.2) is 13.2 Å². The Morgan fingerprint density at radius 3 is 2.95 bits per heavy atom. The van der Waals surface area contributed by atoms with Gasteiger partial charge >= 0.3 is 5.97 Å². The highest BCUT2D eigenvalue weighted by Crippen LogP contribution is 2.25. The van der Waals surface area contributed by atoms with E-state index in [4.69, 9.17) is 4.74 Å². The highest BCUT2D eigenvalue weighted by Gasteiger charge is 2.23. The first-order chi connectivity index (χ1) is 9.06. The van der Waals surface area contributed by atoms with Crippen LogP contribution in [0.2, 0.25) is 0 Å². The van der Waals surface area contributed by atoms with E-state index in [1.807, 2.05) is 0 Å². The van der Waals surface area contributed by atoms with E-state index in [2.05, 4.69) is 9.71 Å². The van der Waals surface area contributed by atoms with Crippen LogP contribution in [0.15, 0.2) is 34.1 Å². The number of anilines is 1. The first kappa shape index (κ1) is 12.1. The third-order valence-corrected chi connectivity index (χ3v) is 5.27. The van der Waals surface area contributed by atoms with E-state index in [1.165, 1.54) is 17.8 Å². The Morgan fingerprint density at radius 2 is 2.21 bits per heavy atom. The minimum Gasteiger partial charge on any atom is -0.457 e. The lowest BCUT2D eigenvalue weighted by molar-refractivity contribution is 0.0535. The number of benzene rings is 1. The number of thiazole rings is 1. The molecule has 1 N–H and O–H groups in total. The van der Waals surface area contributed by atoms with Crippen molar-refractivity contribution in [1.82, 2.24) is 4.98 Å². The van der Waals surface area contributed by atoms with Crippen LogP contribution in [0.1, 0.15) is 15.9 Å².